The van der Waals surface area contributed by atoms with Crippen molar-refractivity contribution in [2.45, 2.75) is 51.7 Å². The maximum atomic E-state index is 11.5. The molecule has 7 heteroatoms. The summed E-state index contributed by atoms with van der Waals surface area (Å²) < 4.78 is 7.72. The van der Waals surface area contributed by atoms with Gasteiger partial charge in [0.25, 0.3) is 0 Å². The summed E-state index contributed by atoms with van der Waals surface area (Å²) in [6.07, 6.45) is 1.92. The van der Waals surface area contributed by atoms with Gasteiger partial charge in [0.05, 0.1) is 0 Å². The number of hydrogen-bond donors (Lipinski definition) is 2. The number of nitrogens with zero attached hydrogens (tertiary/aromatic N) is 2. The third-order valence-electron chi connectivity index (χ3n) is 2.73. The molecule has 6 nitrogen and oxygen atoms in total. The van der Waals surface area contributed by atoms with E-state index in [1.54, 1.807) is 0 Å². The van der Waals surface area contributed by atoms with Gasteiger partial charge in [0.1, 0.15) is 11.4 Å². The molecule has 106 valence electrons. The Labute approximate surface area is 117 Å². The first-order valence-electron chi connectivity index (χ1n) is 6.49. The van der Waals surface area contributed by atoms with Crippen LogP contribution < -0.4 is 5.32 Å². The smallest absolute Gasteiger partial charge is 0.407 e. The normalized spacial score (nSPS) is 15.3. The molecule has 2 rings (SSSR count). The Kier molecular flexibility index (Phi) is 3.93. The number of H-pyrrole nitrogens is 1. The second-order valence-corrected chi connectivity index (χ2v) is 6.13. The maximum Gasteiger partial charge on any atom is 0.407 e. The monoisotopic (exact) mass is 284 g/mol. The standard InChI is InChI=1S/C12H20N4O2S/c1-12(2,3)18-11(17)13-6-7-16-9(8-4-5-8)14-15-10(16)19/h8H,4-7H2,1-3H3,(H,13,17)(H,15,19). The Morgan fingerprint density at radius 2 is 2.26 bits per heavy atom. The first-order valence-corrected chi connectivity index (χ1v) is 6.89. The van der Waals surface area contributed by atoms with Gasteiger partial charge in [-0.3, -0.25) is 5.10 Å². The van der Waals surface area contributed by atoms with Crippen molar-refractivity contribution in [3.63, 3.8) is 0 Å². The van der Waals surface area contributed by atoms with Crippen LogP contribution in [0.3, 0.4) is 0 Å². The van der Waals surface area contributed by atoms with Crippen LogP contribution >= 0.6 is 12.2 Å². The lowest BCUT2D eigenvalue weighted by Gasteiger charge is -2.19. The predicted octanol–water partition coefficient (Wildman–Crippen LogP) is 2.34. The van der Waals surface area contributed by atoms with Gasteiger partial charge in [0, 0.05) is 19.0 Å². The Bertz CT molecular complexity index is 511. The van der Waals surface area contributed by atoms with Crippen molar-refractivity contribution in [1.82, 2.24) is 20.1 Å². The minimum atomic E-state index is -0.477. The van der Waals surface area contributed by atoms with E-state index in [-0.39, 0.29) is 0 Å². The highest BCUT2D eigenvalue weighted by molar-refractivity contribution is 7.71. The number of hydrogen-bond acceptors (Lipinski definition) is 4. The number of carbonyl (C=O) groups is 1. The SMILES string of the molecule is CC(C)(C)OC(=O)NCCn1c(C2CC2)n[nH]c1=S. The fourth-order valence-corrected chi connectivity index (χ4v) is 2.01. The minimum Gasteiger partial charge on any atom is -0.444 e. The highest BCUT2D eigenvalue weighted by Gasteiger charge is 2.28. The van der Waals surface area contributed by atoms with E-state index in [0.29, 0.717) is 23.8 Å². The zero-order chi connectivity index (χ0) is 14.0. The van der Waals surface area contributed by atoms with Gasteiger partial charge in [-0.25, -0.2) is 4.79 Å². The Hall–Kier alpha value is -1.37. The van der Waals surface area contributed by atoms with Crippen molar-refractivity contribution in [3.05, 3.63) is 10.6 Å². The molecule has 0 spiro atoms. The second-order valence-electron chi connectivity index (χ2n) is 5.74. The van der Waals surface area contributed by atoms with Crippen LogP contribution in [0.25, 0.3) is 0 Å². The van der Waals surface area contributed by atoms with Crippen LogP contribution in [0.1, 0.15) is 45.4 Å². The molecule has 2 N–H and O–H groups in total. The van der Waals surface area contributed by atoms with Gasteiger partial charge < -0.3 is 14.6 Å². The molecule has 1 aliphatic rings. The van der Waals surface area contributed by atoms with E-state index in [4.69, 9.17) is 17.0 Å². The minimum absolute atomic E-state index is 0.407. The molecule has 0 unspecified atom stereocenters. The molecular weight excluding hydrogens is 264 g/mol. The number of rotatable bonds is 4. The summed E-state index contributed by atoms with van der Waals surface area (Å²) in [6.45, 7) is 6.60. The molecule has 0 aliphatic heterocycles. The van der Waals surface area contributed by atoms with Crippen molar-refractivity contribution in [1.29, 1.82) is 0 Å². The molecule has 1 heterocycles. The van der Waals surface area contributed by atoms with E-state index in [1.807, 2.05) is 25.3 Å². The molecule has 0 bridgehead atoms. The van der Waals surface area contributed by atoms with Crippen molar-refractivity contribution in [2.24, 2.45) is 0 Å². The molecule has 1 aliphatic carbocycles. The molecule has 0 aromatic carbocycles. The number of amides is 1. The number of aromatic amines is 1. The predicted molar refractivity (Wildman–Crippen MR) is 73.6 cm³/mol. The number of aromatic nitrogens is 3. The quantitative estimate of drug-likeness (QED) is 0.832. The van der Waals surface area contributed by atoms with Gasteiger partial charge >= 0.3 is 6.09 Å². The summed E-state index contributed by atoms with van der Waals surface area (Å²) in [6, 6.07) is 0. The van der Waals surface area contributed by atoms with Gasteiger partial charge in [-0.15, -0.1) is 0 Å². The van der Waals surface area contributed by atoms with E-state index < -0.39 is 11.7 Å². The fraction of sp³-hybridized carbons (Fsp3) is 0.750. The second kappa shape index (κ2) is 5.32. The fourth-order valence-electron chi connectivity index (χ4n) is 1.78. The van der Waals surface area contributed by atoms with E-state index >= 15 is 0 Å². The van der Waals surface area contributed by atoms with Crippen LogP contribution in [0.2, 0.25) is 0 Å². The first kappa shape index (κ1) is 14.0. The van der Waals surface area contributed by atoms with E-state index in [9.17, 15) is 4.79 Å². The average Bonchev–Trinajstić information content (AvgIpc) is 3.03. The van der Waals surface area contributed by atoms with Crippen molar-refractivity contribution in [2.75, 3.05) is 6.54 Å². The molecule has 0 saturated heterocycles. The molecule has 1 aromatic heterocycles. The van der Waals surface area contributed by atoms with Crippen LogP contribution in [0.15, 0.2) is 0 Å². The Morgan fingerprint density at radius 1 is 1.58 bits per heavy atom. The molecule has 0 atom stereocenters. The van der Waals surface area contributed by atoms with Crippen LogP contribution in [-0.4, -0.2) is 33.0 Å². The molecule has 1 amide bonds. The van der Waals surface area contributed by atoms with E-state index in [2.05, 4.69) is 15.5 Å². The number of ether oxygens (including phenoxy) is 1. The topological polar surface area (TPSA) is 71.9 Å². The molecule has 1 aromatic rings. The summed E-state index contributed by atoms with van der Waals surface area (Å²) in [4.78, 5) is 11.5. The molecule has 0 radical (unpaired) electrons. The number of nitrogens with one attached hydrogen (secondary N) is 2. The highest BCUT2D eigenvalue weighted by Crippen LogP contribution is 2.38. The Balaban J connectivity index is 1.84. The number of alkyl carbamates (subject to hydrolysis) is 1. The first-order chi connectivity index (χ1) is 8.87. The molecule has 1 saturated carbocycles. The van der Waals surface area contributed by atoms with Gasteiger partial charge in [-0.1, -0.05) is 0 Å². The largest absolute Gasteiger partial charge is 0.444 e. The lowest BCUT2D eigenvalue weighted by molar-refractivity contribution is 0.0526. The highest BCUT2D eigenvalue weighted by atomic mass is 32.1. The van der Waals surface area contributed by atoms with Crippen LogP contribution in [-0.2, 0) is 11.3 Å². The van der Waals surface area contributed by atoms with Gasteiger partial charge in [-0.05, 0) is 45.8 Å². The third-order valence-corrected chi connectivity index (χ3v) is 3.05. The van der Waals surface area contributed by atoms with Crippen molar-refractivity contribution >= 4 is 18.3 Å². The van der Waals surface area contributed by atoms with Crippen LogP contribution in [0.5, 0.6) is 0 Å². The lowest BCUT2D eigenvalue weighted by Crippen LogP contribution is -2.34. The zero-order valence-electron chi connectivity index (χ0n) is 11.5. The summed E-state index contributed by atoms with van der Waals surface area (Å²) in [5, 5.41) is 9.76. The van der Waals surface area contributed by atoms with Crippen LogP contribution in [0.4, 0.5) is 4.79 Å². The maximum absolute atomic E-state index is 11.5. The van der Waals surface area contributed by atoms with Crippen molar-refractivity contribution in [3.8, 4) is 0 Å². The molecule has 1 fully saturated rings. The summed E-state index contributed by atoms with van der Waals surface area (Å²) >= 11 is 5.19. The summed E-state index contributed by atoms with van der Waals surface area (Å²) in [5.74, 6) is 1.52. The summed E-state index contributed by atoms with van der Waals surface area (Å²) in [5.41, 5.74) is -0.477. The summed E-state index contributed by atoms with van der Waals surface area (Å²) in [7, 11) is 0. The third kappa shape index (κ3) is 4.05. The van der Waals surface area contributed by atoms with E-state index in [1.165, 1.54) is 12.8 Å². The van der Waals surface area contributed by atoms with Gasteiger partial charge in [-0.2, -0.15) is 5.10 Å². The van der Waals surface area contributed by atoms with Crippen LogP contribution in [0, 0.1) is 4.77 Å². The van der Waals surface area contributed by atoms with Gasteiger partial charge in [0.15, 0.2) is 4.77 Å². The lowest BCUT2D eigenvalue weighted by atomic mass is 10.2. The average molecular weight is 284 g/mol. The molecule has 19 heavy (non-hydrogen) atoms. The zero-order valence-corrected chi connectivity index (χ0v) is 12.3. The van der Waals surface area contributed by atoms with Gasteiger partial charge in [0.2, 0.25) is 0 Å². The molecular formula is C12H20N4O2S. The van der Waals surface area contributed by atoms with E-state index in [0.717, 1.165) is 5.82 Å². The number of carbonyl (C=O) groups excluding carboxylic acids is 1. The Morgan fingerprint density at radius 3 is 2.84 bits per heavy atom. The van der Waals surface area contributed by atoms with Crippen molar-refractivity contribution < 1.29 is 9.53 Å².